The van der Waals surface area contributed by atoms with Gasteiger partial charge >= 0.3 is 0 Å². The maximum absolute atomic E-state index is 11.5. The van der Waals surface area contributed by atoms with Crippen LogP contribution in [0.2, 0.25) is 0 Å². The highest BCUT2D eigenvalue weighted by Crippen LogP contribution is 2.32. The maximum Gasteiger partial charge on any atom is 0.160 e. The number of nitrogens with zero attached hydrogens (tertiary/aromatic N) is 1. The Balaban J connectivity index is 1.77. The Morgan fingerprint density at radius 3 is 2.62 bits per heavy atom. The number of benzene rings is 2. The van der Waals surface area contributed by atoms with Crippen molar-refractivity contribution in [2.24, 2.45) is 0 Å². The standard InChI is InChI=1S/C18H18BrNO/c1-13(21)17-8-7-16(11-18(17)19)20-10-9-15(12-20)14-5-3-2-4-6-14/h2-8,11,15H,9-10,12H2,1H3. The fourth-order valence-electron chi connectivity index (χ4n) is 2.98. The minimum atomic E-state index is 0.0945. The first-order chi connectivity index (χ1) is 10.1. The molecule has 2 aromatic rings. The van der Waals surface area contributed by atoms with Crippen molar-refractivity contribution in [2.75, 3.05) is 18.0 Å². The molecule has 0 bridgehead atoms. The van der Waals surface area contributed by atoms with E-state index in [0.717, 1.165) is 23.1 Å². The van der Waals surface area contributed by atoms with Gasteiger partial charge in [0, 0.05) is 34.7 Å². The first-order valence-electron chi connectivity index (χ1n) is 7.25. The van der Waals surface area contributed by atoms with Crippen LogP contribution in [0.15, 0.2) is 53.0 Å². The van der Waals surface area contributed by atoms with Crippen LogP contribution in [0.3, 0.4) is 0 Å². The van der Waals surface area contributed by atoms with Gasteiger partial charge in [-0.15, -0.1) is 0 Å². The van der Waals surface area contributed by atoms with E-state index in [9.17, 15) is 4.79 Å². The third-order valence-corrected chi connectivity index (χ3v) is 4.81. The molecule has 1 aliphatic rings. The van der Waals surface area contributed by atoms with Crippen LogP contribution >= 0.6 is 15.9 Å². The molecule has 0 N–H and O–H groups in total. The van der Waals surface area contributed by atoms with E-state index in [4.69, 9.17) is 0 Å². The average Bonchev–Trinajstić information content (AvgIpc) is 2.97. The summed E-state index contributed by atoms with van der Waals surface area (Å²) >= 11 is 3.51. The quantitative estimate of drug-likeness (QED) is 0.756. The highest BCUT2D eigenvalue weighted by molar-refractivity contribution is 9.10. The minimum Gasteiger partial charge on any atom is -0.371 e. The molecule has 108 valence electrons. The summed E-state index contributed by atoms with van der Waals surface area (Å²) in [6, 6.07) is 16.7. The van der Waals surface area contributed by atoms with Crippen molar-refractivity contribution in [3.05, 3.63) is 64.1 Å². The van der Waals surface area contributed by atoms with E-state index >= 15 is 0 Å². The Kier molecular flexibility index (Phi) is 4.11. The lowest BCUT2D eigenvalue weighted by Crippen LogP contribution is -2.19. The first-order valence-corrected chi connectivity index (χ1v) is 8.05. The van der Waals surface area contributed by atoms with E-state index in [0.29, 0.717) is 5.92 Å². The van der Waals surface area contributed by atoms with Crippen LogP contribution in [0.1, 0.15) is 35.2 Å². The zero-order chi connectivity index (χ0) is 14.8. The molecule has 2 nitrogen and oxygen atoms in total. The van der Waals surface area contributed by atoms with Crippen LogP contribution in [0.5, 0.6) is 0 Å². The number of rotatable bonds is 3. The Labute approximate surface area is 133 Å². The molecule has 2 aromatic carbocycles. The Hall–Kier alpha value is -1.61. The molecule has 1 unspecified atom stereocenters. The molecule has 0 aliphatic carbocycles. The molecule has 1 saturated heterocycles. The van der Waals surface area contributed by atoms with Crippen LogP contribution < -0.4 is 4.90 Å². The van der Waals surface area contributed by atoms with Gasteiger partial charge in [-0.1, -0.05) is 30.3 Å². The molecule has 0 amide bonds. The van der Waals surface area contributed by atoms with Gasteiger partial charge in [-0.25, -0.2) is 0 Å². The van der Waals surface area contributed by atoms with Crippen molar-refractivity contribution in [1.82, 2.24) is 0 Å². The second-order valence-corrected chi connectivity index (χ2v) is 6.42. The molecule has 1 fully saturated rings. The zero-order valence-corrected chi connectivity index (χ0v) is 13.6. The fraction of sp³-hybridized carbons (Fsp3) is 0.278. The van der Waals surface area contributed by atoms with Crippen LogP contribution in [0, 0.1) is 0 Å². The summed E-state index contributed by atoms with van der Waals surface area (Å²) in [5, 5.41) is 0. The predicted molar refractivity (Wildman–Crippen MR) is 90.2 cm³/mol. The molecule has 21 heavy (non-hydrogen) atoms. The van der Waals surface area contributed by atoms with Gasteiger partial charge in [0.05, 0.1) is 0 Å². The van der Waals surface area contributed by atoms with Gasteiger partial charge in [0.2, 0.25) is 0 Å². The van der Waals surface area contributed by atoms with Crippen LogP contribution in [-0.2, 0) is 0 Å². The van der Waals surface area contributed by atoms with Gasteiger partial charge in [0.1, 0.15) is 0 Å². The topological polar surface area (TPSA) is 20.3 Å². The van der Waals surface area contributed by atoms with Gasteiger partial charge in [-0.2, -0.15) is 0 Å². The summed E-state index contributed by atoms with van der Waals surface area (Å²) < 4.78 is 0.885. The van der Waals surface area contributed by atoms with Gasteiger partial charge < -0.3 is 4.90 Å². The minimum absolute atomic E-state index is 0.0945. The lowest BCUT2D eigenvalue weighted by Gasteiger charge is -2.19. The lowest BCUT2D eigenvalue weighted by atomic mass is 9.99. The molecule has 3 rings (SSSR count). The Morgan fingerprint density at radius 1 is 1.19 bits per heavy atom. The highest BCUT2D eigenvalue weighted by Gasteiger charge is 2.24. The smallest absolute Gasteiger partial charge is 0.160 e. The third kappa shape index (κ3) is 3.03. The molecule has 3 heteroatoms. The number of hydrogen-bond acceptors (Lipinski definition) is 2. The van der Waals surface area contributed by atoms with E-state index in [2.05, 4.69) is 63.3 Å². The molecular weight excluding hydrogens is 326 g/mol. The molecule has 0 radical (unpaired) electrons. The van der Waals surface area contributed by atoms with E-state index in [1.807, 2.05) is 6.07 Å². The van der Waals surface area contributed by atoms with Gasteiger partial charge in [0.25, 0.3) is 0 Å². The van der Waals surface area contributed by atoms with Gasteiger partial charge in [-0.05, 0) is 53.0 Å². The average molecular weight is 344 g/mol. The van der Waals surface area contributed by atoms with Gasteiger partial charge in [0.15, 0.2) is 5.78 Å². The summed E-state index contributed by atoms with van der Waals surface area (Å²) in [4.78, 5) is 13.9. The van der Waals surface area contributed by atoms with Crippen molar-refractivity contribution < 1.29 is 4.79 Å². The van der Waals surface area contributed by atoms with Crippen LogP contribution in [0.25, 0.3) is 0 Å². The Bertz CT molecular complexity index is 654. The first kappa shape index (κ1) is 14.3. The van der Waals surface area contributed by atoms with Crippen molar-refractivity contribution >= 4 is 27.4 Å². The fourth-order valence-corrected chi connectivity index (χ4v) is 3.62. The second-order valence-electron chi connectivity index (χ2n) is 5.56. The number of Topliss-reactive ketones (excluding diaryl/α,β-unsaturated/α-hetero) is 1. The van der Waals surface area contributed by atoms with E-state index < -0.39 is 0 Å². The van der Waals surface area contributed by atoms with Crippen molar-refractivity contribution in [3.8, 4) is 0 Å². The monoisotopic (exact) mass is 343 g/mol. The summed E-state index contributed by atoms with van der Waals surface area (Å²) in [6.45, 7) is 3.70. The maximum atomic E-state index is 11.5. The highest BCUT2D eigenvalue weighted by atomic mass is 79.9. The SMILES string of the molecule is CC(=O)c1ccc(N2CCC(c3ccccc3)C2)cc1Br. The summed E-state index contributed by atoms with van der Waals surface area (Å²) in [5.41, 5.74) is 3.35. The summed E-state index contributed by atoms with van der Waals surface area (Å²) in [7, 11) is 0. The summed E-state index contributed by atoms with van der Waals surface area (Å²) in [6.07, 6.45) is 1.18. The van der Waals surface area contributed by atoms with Crippen LogP contribution in [0.4, 0.5) is 5.69 Å². The largest absolute Gasteiger partial charge is 0.371 e. The Morgan fingerprint density at radius 2 is 1.95 bits per heavy atom. The predicted octanol–water partition coefficient (Wildman–Crippen LogP) is 4.65. The summed E-state index contributed by atoms with van der Waals surface area (Å²) in [5.74, 6) is 0.689. The lowest BCUT2D eigenvalue weighted by molar-refractivity contribution is 0.101. The molecule has 0 saturated carbocycles. The normalized spacial score (nSPS) is 18.0. The van der Waals surface area contributed by atoms with Crippen molar-refractivity contribution in [2.45, 2.75) is 19.3 Å². The second kappa shape index (κ2) is 6.02. The number of carbonyl (C=O) groups is 1. The molecule has 0 aromatic heterocycles. The van der Waals surface area contributed by atoms with E-state index in [1.54, 1.807) is 6.92 Å². The van der Waals surface area contributed by atoms with Crippen molar-refractivity contribution in [3.63, 3.8) is 0 Å². The van der Waals surface area contributed by atoms with Gasteiger partial charge in [-0.3, -0.25) is 4.79 Å². The number of ketones is 1. The zero-order valence-electron chi connectivity index (χ0n) is 12.1. The van der Waals surface area contributed by atoms with Crippen LogP contribution in [-0.4, -0.2) is 18.9 Å². The number of hydrogen-bond donors (Lipinski definition) is 0. The van der Waals surface area contributed by atoms with E-state index in [-0.39, 0.29) is 5.78 Å². The molecule has 1 aliphatic heterocycles. The number of halogens is 1. The number of carbonyl (C=O) groups excluding carboxylic acids is 1. The molecular formula is C18H18BrNO. The molecule has 0 spiro atoms. The number of anilines is 1. The molecule has 1 heterocycles. The van der Waals surface area contributed by atoms with Crippen molar-refractivity contribution in [1.29, 1.82) is 0 Å². The van der Waals surface area contributed by atoms with E-state index in [1.165, 1.54) is 17.7 Å². The third-order valence-electron chi connectivity index (χ3n) is 4.16. The molecule has 1 atom stereocenters.